The van der Waals surface area contributed by atoms with Crippen LogP contribution in [0.2, 0.25) is 0 Å². The molecule has 4 heteroatoms. The summed E-state index contributed by atoms with van der Waals surface area (Å²) < 4.78 is 6.22. The van der Waals surface area contributed by atoms with Gasteiger partial charge in [0, 0.05) is 12.1 Å². The number of amides is 1. The molecule has 0 bridgehead atoms. The summed E-state index contributed by atoms with van der Waals surface area (Å²) >= 11 is 0. The second kappa shape index (κ2) is 7.02. The number of hydrogen-bond donors (Lipinski definition) is 1. The molecular weight excluding hydrogens is 288 g/mol. The van der Waals surface area contributed by atoms with Crippen LogP contribution in [0.4, 0.5) is 5.69 Å². The lowest BCUT2D eigenvalue weighted by molar-refractivity contribution is -0.119. The molecule has 1 atom stereocenters. The van der Waals surface area contributed by atoms with Gasteiger partial charge in [0.1, 0.15) is 0 Å². The smallest absolute Gasteiger partial charge is 0.227 e. The van der Waals surface area contributed by atoms with Crippen LogP contribution in [-0.4, -0.2) is 37.2 Å². The summed E-state index contributed by atoms with van der Waals surface area (Å²) in [4.78, 5) is 14.9. The number of carbonyl (C=O) groups excluding carboxylic acids is 1. The highest BCUT2D eigenvalue weighted by Crippen LogP contribution is 2.37. The van der Waals surface area contributed by atoms with E-state index in [1.54, 1.807) is 0 Å². The molecule has 0 aliphatic carbocycles. The van der Waals surface area contributed by atoms with E-state index in [2.05, 4.69) is 19.2 Å². The lowest BCUT2D eigenvalue weighted by Gasteiger charge is -2.34. The third-order valence-electron chi connectivity index (χ3n) is 4.96. The van der Waals surface area contributed by atoms with E-state index in [-0.39, 0.29) is 17.6 Å². The van der Waals surface area contributed by atoms with Crippen molar-refractivity contribution in [1.29, 1.82) is 0 Å². The van der Waals surface area contributed by atoms with Gasteiger partial charge < -0.3 is 15.0 Å². The zero-order chi connectivity index (χ0) is 16.3. The average molecular weight is 316 g/mol. The summed E-state index contributed by atoms with van der Waals surface area (Å²) in [6.45, 7) is 6.87. The second-order valence-electron chi connectivity index (χ2n) is 7.30. The molecule has 2 saturated heterocycles. The molecule has 4 nitrogen and oxygen atoms in total. The number of benzene rings is 1. The third kappa shape index (κ3) is 3.75. The van der Waals surface area contributed by atoms with Crippen molar-refractivity contribution in [2.45, 2.75) is 51.2 Å². The Morgan fingerprint density at radius 2 is 2.00 bits per heavy atom. The zero-order valence-corrected chi connectivity index (χ0v) is 14.3. The summed E-state index contributed by atoms with van der Waals surface area (Å²) in [5.74, 6) is 0.578. The highest BCUT2D eigenvalue weighted by molar-refractivity contribution is 5.94. The van der Waals surface area contributed by atoms with Crippen LogP contribution in [0.1, 0.15) is 39.5 Å². The van der Waals surface area contributed by atoms with Gasteiger partial charge in [-0.15, -0.1) is 0 Å². The molecule has 2 heterocycles. The van der Waals surface area contributed by atoms with Gasteiger partial charge in [0.2, 0.25) is 5.91 Å². The van der Waals surface area contributed by atoms with Gasteiger partial charge in [-0.1, -0.05) is 32.0 Å². The zero-order valence-electron chi connectivity index (χ0n) is 14.3. The fraction of sp³-hybridized carbons (Fsp3) is 0.632. The van der Waals surface area contributed by atoms with E-state index >= 15 is 0 Å². The fourth-order valence-corrected chi connectivity index (χ4v) is 3.81. The number of hydrogen-bond acceptors (Lipinski definition) is 3. The molecule has 0 aromatic heterocycles. The van der Waals surface area contributed by atoms with Crippen LogP contribution in [0, 0.1) is 5.92 Å². The number of ether oxygens (including phenoxy) is 1. The first-order valence-corrected chi connectivity index (χ1v) is 8.81. The van der Waals surface area contributed by atoms with Gasteiger partial charge >= 0.3 is 0 Å². The number of anilines is 1. The summed E-state index contributed by atoms with van der Waals surface area (Å²) in [5, 5.41) is 3.40. The topological polar surface area (TPSA) is 41.6 Å². The molecule has 1 aromatic rings. The number of nitrogens with one attached hydrogen (secondary N) is 1. The molecule has 0 radical (unpaired) electrons. The van der Waals surface area contributed by atoms with Gasteiger partial charge in [-0.3, -0.25) is 4.79 Å². The summed E-state index contributed by atoms with van der Waals surface area (Å²) in [6.07, 6.45) is 3.63. The number of para-hydroxylation sites is 1. The van der Waals surface area contributed by atoms with Crippen molar-refractivity contribution in [3.8, 4) is 0 Å². The number of rotatable bonds is 4. The van der Waals surface area contributed by atoms with E-state index in [4.69, 9.17) is 4.74 Å². The Morgan fingerprint density at radius 3 is 2.65 bits per heavy atom. The highest BCUT2D eigenvalue weighted by Gasteiger charge is 2.44. The number of nitrogens with zero attached hydrogens (tertiary/aromatic N) is 1. The summed E-state index contributed by atoms with van der Waals surface area (Å²) in [5.41, 5.74) is 0.971. The van der Waals surface area contributed by atoms with E-state index in [9.17, 15) is 4.79 Å². The van der Waals surface area contributed by atoms with Crippen molar-refractivity contribution in [2.24, 2.45) is 5.92 Å². The molecule has 2 aliphatic rings. The summed E-state index contributed by atoms with van der Waals surface area (Å²) in [6, 6.07) is 10.2. The normalized spacial score (nSPS) is 23.3. The minimum Gasteiger partial charge on any atom is -0.373 e. The molecule has 2 fully saturated rings. The Hall–Kier alpha value is -1.39. The minimum atomic E-state index is -0.0267. The quantitative estimate of drug-likeness (QED) is 0.928. The van der Waals surface area contributed by atoms with Gasteiger partial charge in [-0.05, 0) is 50.4 Å². The van der Waals surface area contributed by atoms with E-state index in [1.807, 2.05) is 35.2 Å². The van der Waals surface area contributed by atoms with Crippen LogP contribution >= 0.6 is 0 Å². The Kier molecular flexibility index (Phi) is 5.02. The lowest BCUT2D eigenvalue weighted by Crippen LogP contribution is -2.44. The molecule has 23 heavy (non-hydrogen) atoms. The molecule has 126 valence electrons. The van der Waals surface area contributed by atoms with Crippen molar-refractivity contribution in [1.82, 2.24) is 5.32 Å². The first-order chi connectivity index (χ1) is 11.1. The standard InChI is InChI=1S/C19H28N2O2/c1-15(2)12-18(22)21(16-6-4-3-5-7-16)17-13-19(23-14-17)8-10-20-11-9-19/h3-7,15,17,20H,8-14H2,1-2H3/t17-/m0/s1. The van der Waals surface area contributed by atoms with Crippen molar-refractivity contribution in [3.63, 3.8) is 0 Å². The Morgan fingerprint density at radius 1 is 1.30 bits per heavy atom. The average Bonchev–Trinajstić information content (AvgIpc) is 2.91. The molecule has 1 amide bonds. The van der Waals surface area contributed by atoms with Gasteiger partial charge in [-0.25, -0.2) is 0 Å². The van der Waals surface area contributed by atoms with Crippen molar-refractivity contribution < 1.29 is 9.53 Å². The fourth-order valence-electron chi connectivity index (χ4n) is 3.81. The summed E-state index contributed by atoms with van der Waals surface area (Å²) in [7, 11) is 0. The molecule has 2 aliphatic heterocycles. The maximum Gasteiger partial charge on any atom is 0.227 e. The van der Waals surface area contributed by atoms with E-state index in [0.717, 1.165) is 38.0 Å². The van der Waals surface area contributed by atoms with Gasteiger partial charge in [0.25, 0.3) is 0 Å². The Bertz CT molecular complexity index is 523. The van der Waals surface area contributed by atoms with Crippen LogP contribution in [-0.2, 0) is 9.53 Å². The predicted molar refractivity (Wildman–Crippen MR) is 92.6 cm³/mol. The van der Waals surface area contributed by atoms with E-state index in [0.29, 0.717) is 18.9 Å². The molecular formula is C19H28N2O2. The van der Waals surface area contributed by atoms with E-state index in [1.165, 1.54) is 0 Å². The molecule has 3 rings (SSSR count). The number of carbonyl (C=O) groups is 1. The van der Waals surface area contributed by atoms with E-state index < -0.39 is 0 Å². The Labute approximate surface area is 139 Å². The predicted octanol–water partition coefficient (Wildman–Crippen LogP) is 2.98. The largest absolute Gasteiger partial charge is 0.373 e. The van der Waals surface area contributed by atoms with Crippen LogP contribution in [0.3, 0.4) is 0 Å². The maximum absolute atomic E-state index is 12.9. The van der Waals surface area contributed by atoms with Crippen LogP contribution in [0.5, 0.6) is 0 Å². The van der Waals surface area contributed by atoms with Crippen LogP contribution in [0.25, 0.3) is 0 Å². The SMILES string of the molecule is CC(C)CC(=O)N(c1ccccc1)[C@@H]1COC2(CCNCC2)C1. The van der Waals surface area contributed by atoms with Gasteiger partial charge in [0.05, 0.1) is 18.2 Å². The third-order valence-corrected chi connectivity index (χ3v) is 4.96. The molecule has 1 N–H and O–H groups in total. The number of piperidine rings is 1. The first-order valence-electron chi connectivity index (χ1n) is 8.81. The highest BCUT2D eigenvalue weighted by atomic mass is 16.5. The second-order valence-corrected chi connectivity index (χ2v) is 7.30. The van der Waals surface area contributed by atoms with Crippen LogP contribution in [0.15, 0.2) is 30.3 Å². The minimum absolute atomic E-state index is 0.0267. The Balaban J connectivity index is 1.80. The van der Waals surface area contributed by atoms with Crippen molar-refractivity contribution in [2.75, 3.05) is 24.6 Å². The molecule has 0 unspecified atom stereocenters. The molecule has 1 spiro atoms. The van der Waals surface area contributed by atoms with Gasteiger partial charge in [-0.2, -0.15) is 0 Å². The monoisotopic (exact) mass is 316 g/mol. The van der Waals surface area contributed by atoms with Crippen molar-refractivity contribution >= 4 is 11.6 Å². The molecule has 1 aromatic carbocycles. The van der Waals surface area contributed by atoms with Crippen molar-refractivity contribution in [3.05, 3.63) is 30.3 Å². The molecule has 0 saturated carbocycles. The first kappa shape index (κ1) is 16.5. The maximum atomic E-state index is 12.9. The van der Waals surface area contributed by atoms with Crippen LogP contribution < -0.4 is 10.2 Å². The van der Waals surface area contributed by atoms with Gasteiger partial charge in [0.15, 0.2) is 0 Å². The lowest BCUT2D eigenvalue weighted by atomic mass is 9.87.